The van der Waals surface area contributed by atoms with Crippen molar-refractivity contribution in [2.45, 2.75) is 6.42 Å². The van der Waals surface area contributed by atoms with Crippen LogP contribution in [0.5, 0.6) is 11.5 Å². The molecule has 19 heavy (non-hydrogen) atoms. The molecule has 8 nitrogen and oxygen atoms in total. The third-order valence-electron chi connectivity index (χ3n) is 2.19. The third kappa shape index (κ3) is 5.10. The summed E-state index contributed by atoms with van der Waals surface area (Å²) in [6, 6.07) is 4.13. The van der Waals surface area contributed by atoms with E-state index < -0.39 is 14.9 Å². The number of sulfonamides is 1. The molecule has 0 fully saturated rings. The summed E-state index contributed by atoms with van der Waals surface area (Å²) in [5, 5.41) is 15.6. The maximum absolute atomic E-state index is 10.8. The first-order valence-electron chi connectivity index (χ1n) is 5.29. The molecule has 0 aliphatic carbocycles. The van der Waals surface area contributed by atoms with Gasteiger partial charge in [0, 0.05) is 0 Å². The van der Waals surface area contributed by atoms with Crippen molar-refractivity contribution in [3.63, 3.8) is 0 Å². The van der Waals surface area contributed by atoms with Gasteiger partial charge in [0.2, 0.25) is 10.0 Å². The Morgan fingerprint density at radius 3 is 2.63 bits per heavy atom. The molecular formula is C10H14N2O6S. The molecule has 0 heterocycles. The number of primary sulfonamides is 1. The number of nitro groups is 1. The van der Waals surface area contributed by atoms with E-state index in [9.17, 15) is 18.5 Å². The molecule has 2 N–H and O–H groups in total. The minimum Gasteiger partial charge on any atom is -0.493 e. The molecular weight excluding hydrogens is 276 g/mol. The second kappa shape index (κ2) is 6.34. The van der Waals surface area contributed by atoms with Gasteiger partial charge in [0.15, 0.2) is 5.75 Å². The van der Waals surface area contributed by atoms with Crippen molar-refractivity contribution in [2.75, 3.05) is 19.5 Å². The second-order valence-corrected chi connectivity index (χ2v) is 5.39. The summed E-state index contributed by atoms with van der Waals surface area (Å²) in [6.45, 7) is 0.0971. The van der Waals surface area contributed by atoms with Gasteiger partial charge in [0.1, 0.15) is 5.75 Å². The molecule has 0 atom stereocenters. The van der Waals surface area contributed by atoms with Crippen molar-refractivity contribution >= 4 is 15.7 Å². The summed E-state index contributed by atoms with van der Waals surface area (Å²) in [5.41, 5.74) is -0.216. The van der Waals surface area contributed by atoms with E-state index in [1.165, 1.54) is 25.3 Å². The van der Waals surface area contributed by atoms with Gasteiger partial charge in [0.25, 0.3) is 0 Å². The minimum atomic E-state index is -3.52. The number of hydrogen-bond donors (Lipinski definition) is 1. The van der Waals surface area contributed by atoms with Crippen LogP contribution in [-0.2, 0) is 10.0 Å². The molecule has 1 aromatic rings. The van der Waals surface area contributed by atoms with E-state index in [1.807, 2.05) is 0 Å². The van der Waals surface area contributed by atoms with Gasteiger partial charge in [-0.1, -0.05) is 0 Å². The van der Waals surface area contributed by atoms with Crippen LogP contribution in [0, 0.1) is 10.1 Å². The Kier molecular flexibility index (Phi) is 5.07. The predicted octanol–water partition coefficient (Wildman–Crippen LogP) is 0.661. The fourth-order valence-corrected chi connectivity index (χ4v) is 1.87. The molecule has 1 rings (SSSR count). The highest BCUT2D eigenvalue weighted by molar-refractivity contribution is 7.89. The van der Waals surface area contributed by atoms with Crippen LogP contribution in [0.25, 0.3) is 0 Å². The van der Waals surface area contributed by atoms with Crippen LogP contribution in [0.2, 0.25) is 0 Å². The van der Waals surface area contributed by atoms with Gasteiger partial charge in [-0.3, -0.25) is 10.1 Å². The molecule has 0 saturated carbocycles. The fourth-order valence-electron chi connectivity index (χ4n) is 1.35. The lowest BCUT2D eigenvalue weighted by molar-refractivity contribution is -0.385. The average Bonchev–Trinajstić information content (AvgIpc) is 2.33. The van der Waals surface area contributed by atoms with Crippen molar-refractivity contribution in [1.82, 2.24) is 0 Å². The highest BCUT2D eigenvalue weighted by Gasteiger charge is 2.15. The van der Waals surface area contributed by atoms with E-state index in [0.29, 0.717) is 0 Å². The zero-order chi connectivity index (χ0) is 14.5. The van der Waals surface area contributed by atoms with E-state index >= 15 is 0 Å². The first-order valence-corrected chi connectivity index (χ1v) is 7.01. The molecule has 0 amide bonds. The summed E-state index contributed by atoms with van der Waals surface area (Å²) in [5.74, 6) is 0.189. The first-order chi connectivity index (χ1) is 8.83. The van der Waals surface area contributed by atoms with Crippen LogP contribution in [0.1, 0.15) is 6.42 Å². The molecule has 0 radical (unpaired) electrons. The van der Waals surface area contributed by atoms with Crippen LogP contribution < -0.4 is 14.6 Å². The lowest BCUT2D eigenvalue weighted by atomic mass is 10.3. The molecule has 1 aromatic carbocycles. The van der Waals surface area contributed by atoms with Crippen molar-refractivity contribution in [2.24, 2.45) is 5.14 Å². The number of nitro benzene ring substituents is 1. The molecule has 0 bridgehead atoms. The molecule has 0 aliphatic heterocycles. The van der Waals surface area contributed by atoms with Gasteiger partial charge in [-0.05, 0) is 18.6 Å². The van der Waals surface area contributed by atoms with Gasteiger partial charge >= 0.3 is 5.69 Å². The second-order valence-electron chi connectivity index (χ2n) is 3.66. The summed E-state index contributed by atoms with van der Waals surface area (Å²) in [6.07, 6.45) is 0.207. The van der Waals surface area contributed by atoms with E-state index in [-0.39, 0.29) is 36.0 Å². The Morgan fingerprint density at radius 2 is 2.11 bits per heavy atom. The molecule has 0 aromatic heterocycles. The summed E-state index contributed by atoms with van der Waals surface area (Å²) >= 11 is 0. The van der Waals surface area contributed by atoms with Gasteiger partial charge in [-0.25, -0.2) is 13.6 Å². The van der Waals surface area contributed by atoms with Gasteiger partial charge in [-0.2, -0.15) is 0 Å². The lowest BCUT2D eigenvalue weighted by Gasteiger charge is -2.07. The van der Waals surface area contributed by atoms with Gasteiger partial charge in [0.05, 0.1) is 30.5 Å². The summed E-state index contributed by atoms with van der Waals surface area (Å²) < 4.78 is 31.4. The smallest absolute Gasteiger partial charge is 0.314 e. The van der Waals surface area contributed by atoms with Crippen LogP contribution >= 0.6 is 0 Å². The van der Waals surface area contributed by atoms with Gasteiger partial charge < -0.3 is 9.47 Å². The van der Waals surface area contributed by atoms with Crippen molar-refractivity contribution < 1.29 is 22.8 Å². The Bertz CT molecular complexity index is 557. The highest BCUT2D eigenvalue weighted by atomic mass is 32.2. The molecule has 0 spiro atoms. The van der Waals surface area contributed by atoms with Crippen LogP contribution in [-0.4, -0.2) is 32.8 Å². The van der Waals surface area contributed by atoms with Crippen molar-refractivity contribution in [3.8, 4) is 11.5 Å². The Labute approximate surface area is 110 Å². The molecule has 9 heteroatoms. The Hall–Kier alpha value is -1.87. The molecule has 0 aliphatic rings. The molecule has 0 unspecified atom stereocenters. The average molecular weight is 290 g/mol. The zero-order valence-electron chi connectivity index (χ0n) is 10.2. The third-order valence-corrected chi connectivity index (χ3v) is 3.05. The lowest BCUT2D eigenvalue weighted by Crippen LogP contribution is -2.18. The number of nitrogens with zero attached hydrogens (tertiary/aromatic N) is 1. The largest absolute Gasteiger partial charge is 0.493 e. The number of methoxy groups -OCH3 is 1. The monoisotopic (exact) mass is 290 g/mol. The number of ether oxygens (including phenoxy) is 2. The number of hydrogen-bond acceptors (Lipinski definition) is 6. The van der Waals surface area contributed by atoms with Crippen LogP contribution in [0.4, 0.5) is 5.69 Å². The quantitative estimate of drug-likeness (QED) is 0.447. The molecule has 106 valence electrons. The predicted molar refractivity (Wildman–Crippen MR) is 67.7 cm³/mol. The maximum atomic E-state index is 10.8. The highest BCUT2D eigenvalue weighted by Crippen LogP contribution is 2.30. The summed E-state index contributed by atoms with van der Waals surface area (Å²) in [7, 11) is -2.19. The van der Waals surface area contributed by atoms with E-state index in [0.717, 1.165) is 0 Å². The normalized spacial score (nSPS) is 11.1. The van der Waals surface area contributed by atoms with Crippen molar-refractivity contribution in [1.29, 1.82) is 0 Å². The van der Waals surface area contributed by atoms with Crippen molar-refractivity contribution in [3.05, 3.63) is 28.3 Å². The zero-order valence-corrected chi connectivity index (χ0v) is 11.1. The Balaban J connectivity index is 2.65. The first kappa shape index (κ1) is 15.2. The van der Waals surface area contributed by atoms with Gasteiger partial charge in [-0.15, -0.1) is 0 Å². The minimum absolute atomic E-state index is 0.0971. The number of nitrogens with two attached hydrogens (primary N) is 1. The van der Waals surface area contributed by atoms with Crippen LogP contribution in [0.15, 0.2) is 18.2 Å². The van der Waals surface area contributed by atoms with E-state index in [2.05, 4.69) is 0 Å². The van der Waals surface area contributed by atoms with E-state index in [1.54, 1.807) is 0 Å². The van der Waals surface area contributed by atoms with Crippen LogP contribution in [0.3, 0.4) is 0 Å². The topological polar surface area (TPSA) is 122 Å². The SMILES string of the molecule is COc1ccc(OCCCS(N)(=O)=O)cc1[N+](=O)[O-]. The fraction of sp³-hybridized carbons (Fsp3) is 0.400. The summed E-state index contributed by atoms with van der Waals surface area (Å²) in [4.78, 5) is 10.2. The standard InChI is InChI=1S/C10H14N2O6S/c1-17-10-4-3-8(7-9(10)12(13)14)18-5-2-6-19(11,15)16/h3-4,7H,2,5-6H2,1H3,(H2,11,15,16). The number of benzene rings is 1. The maximum Gasteiger partial charge on any atom is 0.314 e. The van der Waals surface area contributed by atoms with E-state index in [4.69, 9.17) is 14.6 Å². The number of rotatable bonds is 7. The Morgan fingerprint density at radius 1 is 1.42 bits per heavy atom. The molecule has 0 saturated heterocycles.